The van der Waals surface area contributed by atoms with Crippen LogP contribution < -0.4 is 4.90 Å². The predicted octanol–water partition coefficient (Wildman–Crippen LogP) is 21.6. The Hall–Kier alpha value is -9.38. The van der Waals surface area contributed by atoms with E-state index in [0.717, 1.165) is 22.6 Å². The van der Waals surface area contributed by atoms with Crippen LogP contribution in [0.3, 0.4) is 0 Å². The van der Waals surface area contributed by atoms with Gasteiger partial charge >= 0.3 is 0 Å². The van der Waals surface area contributed by atoms with Gasteiger partial charge < -0.3 is 4.90 Å². The van der Waals surface area contributed by atoms with Gasteiger partial charge in [0.05, 0.1) is 11.1 Å². The lowest BCUT2D eigenvalue weighted by atomic mass is 9.66. The molecule has 2 aromatic heterocycles. The van der Waals surface area contributed by atoms with E-state index in [4.69, 9.17) is 0 Å². The second-order valence-electron chi connectivity index (χ2n) is 20.6. The maximum Gasteiger partial charge on any atom is 0.0719 e. The monoisotopic (exact) mass is 1030 g/mol. The fraction of sp³-hybridized carbons (Fsp3) is 0.0133. The van der Waals surface area contributed by atoms with Gasteiger partial charge in [0.15, 0.2) is 0 Å². The van der Waals surface area contributed by atoms with Gasteiger partial charge in [0.25, 0.3) is 0 Å². The van der Waals surface area contributed by atoms with E-state index >= 15 is 0 Å². The normalized spacial score (nSPS) is 12.7. The third-order valence-electron chi connectivity index (χ3n) is 16.5. The molecular formula is C75H47NS2. The Morgan fingerprint density at radius 1 is 0.269 bits per heavy atom. The molecule has 15 aromatic rings. The van der Waals surface area contributed by atoms with E-state index in [0.29, 0.717) is 0 Å². The topological polar surface area (TPSA) is 3.24 Å². The fourth-order valence-corrected chi connectivity index (χ4v) is 15.9. The molecule has 0 spiro atoms. The highest BCUT2D eigenvalue weighted by molar-refractivity contribution is 7.27. The van der Waals surface area contributed by atoms with E-state index in [-0.39, 0.29) is 0 Å². The Morgan fingerprint density at radius 2 is 0.705 bits per heavy atom. The third kappa shape index (κ3) is 6.72. The summed E-state index contributed by atoms with van der Waals surface area (Å²) in [7, 11) is 0. The van der Waals surface area contributed by atoms with E-state index < -0.39 is 5.41 Å². The van der Waals surface area contributed by atoms with Crippen molar-refractivity contribution in [2.45, 2.75) is 5.41 Å². The van der Waals surface area contributed by atoms with E-state index in [1.807, 2.05) is 22.7 Å². The van der Waals surface area contributed by atoms with Crippen molar-refractivity contribution in [3.8, 4) is 44.5 Å². The number of rotatable bonds is 8. The number of para-hydroxylation sites is 1. The van der Waals surface area contributed by atoms with Crippen LogP contribution >= 0.6 is 22.7 Å². The summed E-state index contributed by atoms with van der Waals surface area (Å²) in [5.41, 5.74) is 17.6. The second-order valence-corrected chi connectivity index (χ2v) is 22.6. The zero-order chi connectivity index (χ0) is 51.3. The molecule has 0 unspecified atom stereocenters. The van der Waals surface area contributed by atoms with Crippen molar-refractivity contribution in [1.29, 1.82) is 0 Å². The van der Waals surface area contributed by atoms with Gasteiger partial charge in [-0.2, -0.15) is 0 Å². The number of nitrogens with zero attached hydrogens (tertiary/aromatic N) is 1. The van der Waals surface area contributed by atoms with E-state index in [1.165, 1.54) is 123 Å². The lowest BCUT2D eigenvalue weighted by Crippen LogP contribution is -2.29. The Kier molecular flexibility index (Phi) is 10.3. The average molecular weight is 1030 g/mol. The molecular weight excluding hydrogens is 979 g/mol. The van der Waals surface area contributed by atoms with Crippen LogP contribution in [-0.2, 0) is 5.41 Å². The van der Waals surface area contributed by atoms with Gasteiger partial charge in [-0.05, 0) is 108 Å². The molecule has 0 atom stereocenters. The Morgan fingerprint density at radius 3 is 1.35 bits per heavy atom. The number of fused-ring (bicyclic) bond motifs is 13. The molecule has 0 fully saturated rings. The molecule has 0 aliphatic heterocycles. The molecule has 1 nitrogen and oxygen atoms in total. The minimum Gasteiger partial charge on any atom is -0.310 e. The average Bonchev–Trinajstić information content (AvgIpc) is 4.10. The van der Waals surface area contributed by atoms with Gasteiger partial charge in [-0.1, -0.05) is 255 Å². The van der Waals surface area contributed by atoms with Gasteiger partial charge in [-0.15, -0.1) is 22.7 Å². The smallest absolute Gasteiger partial charge is 0.0719 e. The van der Waals surface area contributed by atoms with Crippen molar-refractivity contribution >= 4 is 102 Å². The number of benzene rings is 13. The first kappa shape index (κ1) is 44.9. The van der Waals surface area contributed by atoms with Crippen LogP contribution in [0.5, 0.6) is 0 Å². The van der Waals surface area contributed by atoms with E-state index in [2.05, 4.69) is 290 Å². The van der Waals surface area contributed by atoms with E-state index in [9.17, 15) is 0 Å². The molecule has 0 saturated heterocycles. The first-order valence-electron chi connectivity index (χ1n) is 26.8. The van der Waals surface area contributed by atoms with Gasteiger partial charge in [-0.3, -0.25) is 0 Å². The van der Waals surface area contributed by atoms with Gasteiger partial charge in [0.2, 0.25) is 0 Å². The molecule has 78 heavy (non-hydrogen) atoms. The highest BCUT2D eigenvalue weighted by atomic mass is 32.1. The molecule has 0 bridgehead atoms. The summed E-state index contributed by atoms with van der Waals surface area (Å²) >= 11 is 3.82. The quantitative estimate of drug-likeness (QED) is 0.147. The summed E-state index contributed by atoms with van der Waals surface area (Å²) in [5.74, 6) is 0. The number of hydrogen-bond acceptors (Lipinski definition) is 3. The Bertz CT molecular complexity index is 4830. The summed E-state index contributed by atoms with van der Waals surface area (Å²) in [6.07, 6.45) is 0. The summed E-state index contributed by atoms with van der Waals surface area (Å²) in [6, 6.07) is 106. The largest absolute Gasteiger partial charge is 0.310 e. The molecule has 3 heteroatoms. The molecule has 0 N–H and O–H groups in total. The van der Waals surface area contributed by atoms with Crippen molar-refractivity contribution in [3.05, 3.63) is 307 Å². The molecule has 1 aliphatic rings. The van der Waals surface area contributed by atoms with Crippen LogP contribution in [-0.4, -0.2) is 0 Å². The van der Waals surface area contributed by atoms with Gasteiger partial charge in [0.1, 0.15) is 0 Å². The van der Waals surface area contributed by atoms with Crippen molar-refractivity contribution in [1.82, 2.24) is 0 Å². The molecule has 2 heterocycles. The number of hydrogen-bond donors (Lipinski definition) is 0. The number of thiophene rings is 2. The second kappa shape index (κ2) is 17.9. The molecule has 0 radical (unpaired) electrons. The lowest BCUT2D eigenvalue weighted by molar-refractivity contribution is 0.770. The van der Waals surface area contributed by atoms with Crippen molar-refractivity contribution in [3.63, 3.8) is 0 Å². The molecule has 1 aliphatic carbocycles. The van der Waals surface area contributed by atoms with Crippen molar-refractivity contribution in [2.24, 2.45) is 0 Å². The summed E-state index contributed by atoms with van der Waals surface area (Å²) in [5, 5.41) is 10.3. The molecule has 0 saturated carbocycles. The molecule has 13 aromatic carbocycles. The SMILES string of the molecule is c1ccc(C2(c3ccccc3)c3ccccc3-c3cccc(-c4cccc(N(c5cccc(-c6cccc7c6sc6c8ccccc8ccc76)c5)c5ccccc5-c5cccc6c5sc5c7ccccc7ccc65)c4)c32)cc1. The zero-order valence-electron chi connectivity index (χ0n) is 42.4. The van der Waals surface area contributed by atoms with Crippen molar-refractivity contribution in [2.75, 3.05) is 4.90 Å². The fourth-order valence-electron chi connectivity index (χ4n) is 13.2. The Labute approximate surface area is 460 Å². The van der Waals surface area contributed by atoms with Crippen molar-refractivity contribution < 1.29 is 0 Å². The summed E-state index contributed by atoms with van der Waals surface area (Å²) in [6.45, 7) is 0. The lowest BCUT2D eigenvalue weighted by Gasteiger charge is -2.35. The maximum absolute atomic E-state index is 2.52. The van der Waals surface area contributed by atoms with Crippen LogP contribution in [0.2, 0.25) is 0 Å². The van der Waals surface area contributed by atoms with Gasteiger partial charge in [0, 0.05) is 62.8 Å². The highest BCUT2D eigenvalue weighted by Crippen LogP contribution is 2.59. The zero-order valence-corrected chi connectivity index (χ0v) is 44.0. The van der Waals surface area contributed by atoms with Crippen LogP contribution in [0, 0.1) is 0 Å². The van der Waals surface area contributed by atoms with Gasteiger partial charge in [-0.25, -0.2) is 0 Å². The molecule has 16 rings (SSSR count). The predicted molar refractivity (Wildman–Crippen MR) is 336 cm³/mol. The first-order chi connectivity index (χ1) is 38.7. The summed E-state index contributed by atoms with van der Waals surface area (Å²) in [4.78, 5) is 2.52. The molecule has 364 valence electrons. The highest BCUT2D eigenvalue weighted by Gasteiger charge is 2.47. The maximum atomic E-state index is 2.52. The minimum absolute atomic E-state index is 0.560. The van der Waals surface area contributed by atoms with E-state index in [1.54, 1.807) is 0 Å². The molecule has 0 amide bonds. The number of anilines is 3. The third-order valence-corrected chi connectivity index (χ3v) is 19.1. The summed E-state index contributed by atoms with van der Waals surface area (Å²) < 4.78 is 5.26. The first-order valence-corrected chi connectivity index (χ1v) is 28.4. The van der Waals surface area contributed by atoms with Crippen LogP contribution in [0.25, 0.3) is 106 Å². The van der Waals surface area contributed by atoms with Crippen LogP contribution in [0.1, 0.15) is 22.3 Å². The standard InChI is InChI=1S/C75H47NS2/c1-3-24-52(25-4-1)75(53-26-5-2-6-27-53)68-40-13-11-32-60(68)62-36-17-34-56(70(62)75)50-22-15-28-54(46-50)76(55-29-16-23-51(47-55)59-35-18-38-64-66-44-42-48-20-7-9-30-57(48)71(66)77-73(59)64)69-41-14-12-33-61(69)63-37-19-39-65-67-45-43-49-21-8-10-31-58(49)72(67)78-74(63)65/h1-47H. The minimum atomic E-state index is -0.560. The Balaban J connectivity index is 0.933. The van der Waals surface area contributed by atoms with Crippen LogP contribution in [0.15, 0.2) is 285 Å². The van der Waals surface area contributed by atoms with Crippen LogP contribution in [0.4, 0.5) is 17.1 Å².